The number of aliphatic hydroxyl groups excluding tert-OH is 2. The van der Waals surface area contributed by atoms with E-state index in [0.29, 0.717) is 6.54 Å². The zero-order valence-electron chi connectivity index (χ0n) is 11.3. The van der Waals surface area contributed by atoms with Crippen LogP contribution < -0.4 is 0 Å². The number of nitrogens with zero attached hydrogens (tertiary/aromatic N) is 1. The Labute approximate surface area is 114 Å². The van der Waals surface area contributed by atoms with E-state index in [9.17, 15) is 8.42 Å². The van der Waals surface area contributed by atoms with Crippen molar-refractivity contribution in [1.29, 1.82) is 0 Å². The van der Waals surface area contributed by atoms with Gasteiger partial charge in [-0.1, -0.05) is 17.7 Å². The van der Waals surface area contributed by atoms with Crippen molar-refractivity contribution in [2.24, 2.45) is 0 Å². The Morgan fingerprint density at radius 1 is 1.21 bits per heavy atom. The second kappa shape index (κ2) is 8.23. The summed E-state index contributed by atoms with van der Waals surface area (Å²) in [5.74, 6) is 0. The van der Waals surface area contributed by atoms with Crippen LogP contribution >= 0.6 is 0 Å². The first-order chi connectivity index (χ1) is 8.66. The molecule has 1 aromatic carbocycles. The van der Waals surface area contributed by atoms with Gasteiger partial charge in [-0.3, -0.25) is 4.55 Å². The number of aliphatic hydroxyl groups is 2. The number of likely N-dealkylation sites (N-methyl/N-ethyl adjacent to an activating group) is 1. The highest BCUT2D eigenvalue weighted by molar-refractivity contribution is 7.85. The molecule has 0 fully saturated rings. The normalized spacial score (nSPS) is 12.8. The second-order valence-electron chi connectivity index (χ2n) is 4.39. The molecule has 0 bridgehead atoms. The Kier molecular flexibility index (Phi) is 7.81. The molecule has 0 saturated heterocycles. The van der Waals surface area contributed by atoms with Crippen molar-refractivity contribution in [3.8, 4) is 0 Å². The number of hydrogen-bond acceptors (Lipinski definition) is 5. The summed E-state index contributed by atoms with van der Waals surface area (Å²) in [4.78, 5) is 1.75. The third kappa shape index (κ3) is 8.68. The van der Waals surface area contributed by atoms with Gasteiger partial charge in [0.25, 0.3) is 10.1 Å². The summed E-state index contributed by atoms with van der Waals surface area (Å²) in [6.07, 6.45) is -0.593. The maximum absolute atomic E-state index is 10.5. The van der Waals surface area contributed by atoms with Crippen LogP contribution in [0.1, 0.15) is 5.56 Å². The molecule has 1 rings (SSSR count). The van der Waals surface area contributed by atoms with Gasteiger partial charge in [0.15, 0.2) is 0 Å². The Morgan fingerprint density at radius 2 is 1.68 bits per heavy atom. The van der Waals surface area contributed by atoms with Crippen LogP contribution in [0.4, 0.5) is 0 Å². The monoisotopic (exact) mass is 291 g/mol. The molecule has 0 aromatic heterocycles. The number of benzene rings is 1. The summed E-state index contributed by atoms with van der Waals surface area (Å²) < 4.78 is 29.6. The fraction of sp³-hybridized carbons (Fsp3) is 0.500. The first-order valence-electron chi connectivity index (χ1n) is 5.64. The molecule has 0 radical (unpaired) electrons. The van der Waals surface area contributed by atoms with Crippen molar-refractivity contribution in [3.05, 3.63) is 29.8 Å². The van der Waals surface area contributed by atoms with E-state index >= 15 is 0 Å². The maximum atomic E-state index is 10.5. The number of aryl methyl sites for hydroxylation is 1. The smallest absolute Gasteiger partial charge is 0.294 e. The summed E-state index contributed by atoms with van der Waals surface area (Å²) in [6.45, 7) is 2.21. The third-order valence-corrected chi connectivity index (χ3v) is 2.97. The fourth-order valence-electron chi connectivity index (χ4n) is 1.19. The first kappa shape index (κ1) is 18.0. The molecule has 3 N–H and O–H groups in total. The molecule has 0 heterocycles. The minimum absolute atomic E-state index is 0.0666. The van der Waals surface area contributed by atoms with E-state index in [0.717, 1.165) is 5.56 Å². The highest BCUT2D eigenvalue weighted by atomic mass is 32.2. The van der Waals surface area contributed by atoms with Crippen molar-refractivity contribution in [2.75, 3.05) is 27.2 Å². The predicted octanol–water partition coefficient (Wildman–Crippen LogP) is 0.143. The molecular formula is C12H21NO5S. The molecule has 0 saturated carbocycles. The Morgan fingerprint density at radius 3 is 1.95 bits per heavy atom. The van der Waals surface area contributed by atoms with E-state index in [1.165, 1.54) is 12.1 Å². The van der Waals surface area contributed by atoms with Gasteiger partial charge in [-0.2, -0.15) is 8.42 Å². The van der Waals surface area contributed by atoms with Crippen LogP contribution in [0.25, 0.3) is 0 Å². The van der Waals surface area contributed by atoms with Crippen LogP contribution in [-0.2, 0) is 10.1 Å². The van der Waals surface area contributed by atoms with Crippen LogP contribution in [0.3, 0.4) is 0 Å². The van der Waals surface area contributed by atoms with Gasteiger partial charge in [0, 0.05) is 6.54 Å². The molecule has 7 heteroatoms. The molecule has 0 aliphatic rings. The van der Waals surface area contributed by atoms with Crippen molar-refractivity contribution in [3.63, 3.8) is 0 Å². The predicted molar refractivity (Wildman–Crippen MR) is 72.6 cm³/mol. The lowest BCUT2D eigenvalue weighted by Crippen LogP contribution is -2.28. The number of rotatable bonds is 4. The topological polar surface area (TPSA) is 98.1 Å². The molecule has 0 unspecified atom stereocenters. The largest absolute Gasteiger partial charge is 0.394 e. The Bertz CT molecular complexity index is 456. The molecule has 1 atom stereocenters. The zero-order chi connectivity index (χ0) is 15.1. The molecule has 19 heavy (non-hydrogen) atoms. The molecule has 0 aliphatic heterocycles. The van der Waals surface area contributed by atoms with Crippen LogP contribution in [0.5, 0.6) is 0 Å². The van der Waals surface area contributed by atoms with E-state index in [2.05, 4.69) is 0 Å². The minimum Gasteiger partial charge on any atom is -0.394 e. The molecule has 6 nitrogen and oxygen atoms in total. The van der Waals surface area contributed by atoms with Crippen LogP contribution in [0.2, 0.25) is 0 Å². The summed E-state index contributed by atoms with van der Waals surface area (Å²) in [6, 6.07) is 5.99. The van der Waals surface area contributed by atoms with Crippen LogP contribution in [-0.4, -0.2) is 61.4 Å². The summed E-state index contributed by atoms with van der Waals surface area (Å²) in [5.41, 5.74) is 0.956. The first-order valence-corrected chi connectivity index (χ1v) is 7.08. The average Bonchev–Trinajstić information content (AvgIpc) is 2.28. The van der Waals surface area contributed by atoms with Crippen molar-refractivity contribution < 1.29 is 23.2 Å². The lowest BCUT2D eigenvalue weighted by Gasteiger charge is -2.12. The second-order valence-corrected chi connectivity index (χ2v) is 5.81. The van der Waals surface area contributed by atoms with Crippen LogP contribution in [0, 0.1) is 6.92 Å². The SMILES string of the molecule is CN(C)C[C@H](O)CO.Cc1ccc(S(=O)(=O)O)cc1. The van der Waals surface area contributed by atoms with Gasteiger partial charge < -0.3 is 15.1 Å². The molecular weight excluding hydrogens is 270 g/mol. The molecule has 110 valence electrons. The summed E-state index contributed by atoms with van der Waals surface area (Å²) in [7, 11) is -0.327. The van der Waals surface area contributed by atoms with E-state index in [4.69, 9.17) is 14.8 Å². The van der Waals surface area contributed by atoms with Gasteiger partial charge in [-0.25, -0.2) is 0 Å². The molecule has 0 aliphatic carbocycles. The van der Waals surface area contributed by atoms with E-state index in [-0.39, 0.29) is 11.5 Å². The molecule has 0 spiro atoms. The van der Waals surface area contributed by atoms with E-state index in [1.54, 1.807) is 12.1 Å². The average molecular weight is 291 g/mol. The Balaban J connectivity index is 0.000000362. The van der Waals surface area contributed by atoms with Crippen LogP contribution in [0.15, 0.2) is 29.2 Å². The van der Waals surface area contributed by atoms with E-state index < -0.39 is 16.2 Å². The van der Waals surface area contributed by atoms with Gasteiger partial charge in [0.1, 0.15) is 0 Å². The van der Waals surface area contributed by atoms with Gasteiger partial charge in [-0.15, -0.1) is 0 Å². The minimum atomic E-state index is -4.02. The van der Waals surface area contributed by atoms with Crippen molar-refractivity contribution in [2.45, 2.75) is 17.9 Å². The summed E-state index contributed by atoms with van der Waals surface area (Å²) >= 11 is 0. The lowest BCUT2D eigenvalue weighted by molar-refractivity contribution is 0.0728. The molecule has 0 amide bonds. The zero-order valence-corrected chi connectivity index (χ0v) is 12.1. The van der Waals surface area contributed by atoms with Gasteiger partial charge >= 0.3 is 0 Å². The quantitative estimate of drug-likeness (QED) is 0.683. The van der Waals surface area contributed by atoms with Gasteiger partial charge in [0.2, 0.25) is 0 Å². The summed E-state index contributed by atoms with van der Waals surface area (Å²) in [5, 5.41) is 17.0. The third-order valence-electron chi connectivity index (χ3n) is 2.11. The molecule has 1 aromatic rings. The maximum Gasteiger partial charge on any atom is 0.294 e. The van der Waals surface area contributed by atoms with Gasteiger partial charge in [0.05, 0.1) is 17.6 Å². The fourth-order valence-corrected chi connectivity index (χ4v) is 1.67. The van der Waals surface area contributed by atoms with E-state index in [1.807, 2.05) is 25.9 Å². The highest BCUT2D eigenvalue weighted by Crippen LogP contribution is 2.08. The Hall–Kier alpha value is -0.990. The van der Waals surface area contributed by atoms with Gasteiger partial charge in [-0.05, 0) is 33.2 Å². The standard InChI is InChI=1S/C7H8O3S.C5H13NO2/c1-6-2-4-7(5-3-6)11(8,9)10;1-6(2)3-5(8)4-7/h2-5H,1H3,(H,8,9,10);5,7-8H,3-4H2,1-2H3/t;5-/m.0/s1. The number of hydrogen-bond donors (Lipinski definition) is 3. The van der Waals surface area contributed by atoms with Crippen molar-refractivity contribution >= 4 is 10.1 Å². The highest BCUT2D eigenvalue weighted by Gasteiger charge is 2.06. The lowest BCUT2D eigenvalue weighted by atomic mass is 10.2. The van der Waals surface area contributed by atoms with Crippen molar-refractivity contribution in [1.82, 2.24) is 4.90 Å².